The highest BCUT2D eigenvalue weighted by molar-refractivity contribution is 5.83. The highest BCUT2D eigenvalue weighted by Gasteiger charge is 2.24. The van der Waals surface area contributed by atoms with Crippen molar-refractivity contribution in [3.8, 4) is 0 Å². The van der Waals surface area contributed by atoms with Crippen LogP contribution in [0.1, 0.15) is 25.8 Å². The number of carbonyl (C=O) groups is 2. The van der Waals surface area contributed by atoms with Crippen molar-refractivity contribution in [2.75, 3.05) is 13.7 Å². The summed E-state index contributed by atoms with van der Waals surface area (Å²) in [6.45, 7) is 3.65. The lowest BCUT2D eigenvalue weighted by atomic mass is 10.1. The predicted molar refractivity (Wildman–Crippen MR) is 79.8 cm³/mol. The van der Waals surface area contributed by atoms with E-state index in [1.54, 1.807) is 7.11 Å². The predicted octanol–water partition coefficient (Wildman–Crippen LogP) is 1.70. The number of esters is 1. The number of benzene rings is 1. The first-order chi connectivity index (χ1) is 10.1. The molecule has 1 unspecified atom stereocenters. The zero-order chi connectivity index (χ0) is 15.7. The molecule has 1 rings (SSSR count). The minimum absolute atomic E-state index is 0.257. The lowest BCUT2D eigenvalue weighted by molar-refractivity contribution is -0.155. The van der Waals surface area contributed by atoms with Crippen molar-refractivity contribution >= 4 is 11.9 Å². The fraction of sp³-hybridized carbons (Fsp3) is 0.500. The number of nitrogens with one attached hydrogen (secondary N) is 1. The van der Waals surface area contributed by atoms with Gasteiger partial charge in [-0.05, 0) is 12.0 Å². The summed E-state index contributed by atoms with van der Waals surface area (Å²) in [7, 11) is 1.56. The van der Waals surface area contributed by atoms with E-state index in [1.165, 1.54) is 6.92 Å². The molecule has 0 spiro atoms. The van der Waals surface area contributed by atoms with Gasteiger partial charge in [-0.25, -0.2) is 4.79 Å². The monoisotopic (exact) mass is 293 g/mol. The summed E-state index contributed by atoms with van der Waals surface area (Å²) in [6, 6.07) is 8.83. The highest BCUT2D eigenvalue weighted by atomic mass is 16.6. The minimum atomic E-state index is -0.684. The molecule has 0 radical (unpaired) electrons. The van der Waals surface area contributed by atoms with Crippen LogP contribution in [0.15, 0.2) is 30.3 Å². The summed E-state index contributed by atoms with van der Waals surface area (Å²) in [6.07, 6.45) is 0.773. The molecule has 5 nitrogen and oxygen atoms in total. The molecule has 21 heavy (non-hydrogen) atoms. The van der Waals surface area contributed by atoms with Crippen molar-refractivity contribution in [3.05, 3.63) is 35.9 Å². The van der Waals surface area contributed by atoms with Gasteiger partial charge in [0, 0.05) is 20.5 Å². The van der Waals surface area contributed by atoms with Crippen molar-refractivity contribution in [3.63, 3.8) is 0 Å². The van der Waals surface area contributed by atoms with Crippen LogP contribution in [0.4, 0.5) is 0 Å². The Morgan fingerprint density at radius 1 is 1.24 bits per heavy atom. The van der Waals surface area contributed by atoms with Crippen molar-refractivity contribution in [2.45, 2.75) is 38.8 Å². The molecule has 0 aliphatic heterocycles. The second-order valence-corrected chi connectivity index (χ2v) is 4.87. The molecule has 0 fully saturated rings. The molecular weight excluding hydrogens is 270 g/mol. The first kappa shape index (κ1) is 17.2. The third kappa shape index (κ3) is 6.40. The molecule has 0 saturated heterocycles. The largest absolute Gasteiger partial charge is 0.458 e. The van der Waals surface area contributed by atoms with Crippen molar-refractivity contribution in [2.24, 2.45) is 0 Å². The first-order valence-electron chi connectivity index (χ1n) is 7.07. The van der Waals surface area contributed by atoms with E-state index in [0.29, 0.717) is 19.4 Å². The normalized spacial score (nSPS) is 13.3. The average molecular weight is 293 g/mol. The average Bonchev–Trinajstić information content (AvgIpc) is 2.46. The molecule has 0 bridgehead atoms. The van der Waals surface area contributed by atoms with Gasteiger partial charge in [-0.1, -0.05) is 37.3 Å². The summed E-state index contributed by atoms with van der Waals surface area (Å²) in [5, 5.41) is 2.65. The van der Waals surface area contributed by atoms with Gasteiger partial charge in [0.05, 0.1) is 6.61 Å². The van der Waals surface area contributed by atoms with Crippen molar-refractivity contribution < 1.29 is 19.1 Å². The van der Waals surface area contributed by atoms with Crippen LogP contribution in [-0.2, 0) is 25.5 Å². The standard InChI is InChI=1S/C16H23NO4/c1-4-14(11-20-3)21-16(19)15(17-12(2)18)10-13-8-6-5-7-9-13/h5-9,14-15H,4,10-11H2,1-3H3,(H,17,18)/t14?,15-/m0/s1. The van der Waals surface area contributed by atoms with Crippen LogP contribution < -0.4 is 5.32 Å². The van der Waals surface area contributed by atoms with Gasteiger partial charge in [0.2, 0.25) is 5.91 Å². The Labute approximate surface area is 125 Å². The molecule has 0 aliphatic rings. The van der Waals surface area contributed by atoms with E-state index in [0.717, 1.165) is 5.56 Å². The SMILES string of the molecule is CCC(COC)OC(=O)[C@H](Cc1ccccc1)NC(C)=O. The Morgan fingerprint density at radius 2 is 1.90 bits per heavy atom. The maximum atomic E-state index is 12.2. The quantitative estimate of drug-likeness (QED) is 0.741. The lowest BCUT2D eigenvalue weighted by Crippen LogP contribution is -2.44. The number of ether oxygens (including phenoxy) is 2. The van der Waals surface area contributed by atoms with Gasteiger partial charge in [0.1, 0.15) is 12.1 Å². The lowest BCUT2D eigenvalue weighted by Gasteiger charge is -2.21. The fourth-order valence-corrected chi connectivity index (χ4v) is 1.96. The summed E-state index contributed by atoms with van der Waals surface area (Å²) in [5.41, 5.74) is 0.966. The molecule has 5 heteroatoms. The molecule has 2 atom stereocenters. The molecule has 0 saturated carbocycles. The third-order valence-corrected chi connectivity index (χ3v) is 3.04. The number of hydrogen-bond donors (Lipinski definition) is 1. The van der Waals surface area contributed by atoms with Gasteiger partial charge in [-0.3, -0.25) is 4.79 Å². The van der Waals surface area contributed by atoms with E-state index in [-0.39, 0.29) is 12.0 Å². The maximum absolute atomic E-state index is 12.2. The molecule has 1 aromatic carbocycles. The van der Waals surface area contributed by atoms with Crippen LogP contribution in [0.5, 0.6) is 0 Å². The Hall–Kier alpha value is -1.88. The molecule has 0 heterocycles. The van der Waals surface area contributed by atoms with Crippen LogP contribution >= 0.6 is 0 Å². The van der Waals surface area contributed by atoms with E-state index in [4.69, 9.17) is 9.47 Å². The van der Waals surface area contributed by atoms with Gasteiger partial charge in [-0.2, -0.15) is 0 Å². The van der Waals surface area contributed by atoms with Gasteiger partial charge in [-0.15, -0.1) is 0 Å². The zero-order valence-corrected chi connectivity index (χ0v) is 12.8. The van der Waals surface area contributed by atoms with Crippen LogP contribution in [0, 0.1) is 0 Å². The molecule has 116 valence electrons. The van der Waals surface area contributed by atoms with Gasteiger partial charge in [0.15, 0.2) is 0 Å². The first-order valence-corrected chi connectivity index (χ1v) is 7.07. The molecule has 1 amide bonds. The van der Waals surface area contributed by atoms with E-state index in [1.807, 2.05) is 37.3 Å². The summed E-state index contributed by atoms with van der Waals surface area (Å²) in [4.78, 5) is 23.5. The highest BCUT2D eigenvalue weighted by Crippen LogP contribution is 2.07. The zero-order valence-electron chi connectivity index (χ0n) is 12.8. The van der Waals surface area contributed by atoms with E-state index < -0.39 is 12.0 Å². The number of hydrogen-bond acceptors (Lipinski definition) is 4. The number of rotatable bonds is 8. The van der Waals surface area contributed by atoms with Crippen LogP contribution in [0.2, 0.25) is 0 Å². The molecule has 0 aromatic heterocycles. The Bertz CT molecular complexity index is 447. The van der Waals surface area contributed by atoms with Crippen LogP contribution in [0.25, 0.3) is 0 Å². The topological polar surface area (TPSA) is 64.6 Å². The van der Waals surface area contributed by atoms with E-state index in [2.05, 4.69) is 5.32 Å². The van der Waals surface area contributed by atoms with Crippen LogP contribution in [-0.4, -0.2) is 37.7 Å². The maximum Gasteiger partial charge on any atom is 0.329 e. The van der Waals surface area contributed by atoms with Gasteiger partial charge < -0.3 is 14.8 Å². The van der Waals surface area contributed by atoms with Crippen molar-refractivity contribution in [1.82, 2.24) is 5.32 Å². The fourth-order valence-electron chi connectivity index (χ4n) is 1.96. The molecule has 0 aliphatic carbocycles. The second kappa shape index (κ2) is 9.13. The molecule has 1 N–H and O–H groups in total. The van der Waals surface area contributed by atoms with E-state index in [9.17, 15) is 9.59 Å². The number of methoxy groups -OCH3 is 1. The summed E-state index contributed by atoms with van der Waals surface area (Å²) >= 11 is 0. The van der Waals surface area contributed by atoms with E-state index >= 15 is 0 Å². The molecule has 1 aromatic rings. The van der Waals surface area contributed by atoms with Gasteiger partial charge >= 0.3 is 5.97 Å². The number of amides is 1. The summed E-state index contributed by atoms with van der Waals surface area (Å²) < 4.78 is 10.4. The van der Waals surface area contributed by atoms with Crippen LogP contribution in [0.3, 0.4) is 0 Å². The second-order valence-electron chi connectivity index (χ2n) is 4.87. The number of carbonyl (C=O) groups excluding carboxylic acids is 2. The smallest absolute Gasteiger partial charge is 0.329 e. The van der Waals surface area contributed by atoms with Gasteiger partial charge in [0.25, 0.3) is 0 Å². The minimum Gasteiger partial charge on any atom is -0.458 e. The third-order valence-electron chi connectivity index (χ3n) is 3.04. The Morgan fingerprint density at radius 3 is 2.43 bits per heavy atom. The molecular formula is C16H23NO4. The Balaban J connectivity index is 2.72. The summed E-state index contributed by atoms with van der Waals surface area (Å²) in [5.74, 6) is -0.689. The van der Waals surface area contributed by atoms with Crippen molar-refractivity contribution in [1.29, 1.82) is 0 Å². The Kier molecular flexibility index (Phi) is 7.46.